The third-order valence-electron chi connectivity index (χ3n) is 1.33. The predicted octanol–water partition coefficient (Wildman–Crippen LogP) is 2.40. The summed E-state index contributed by atoms with van der Waals surface area (Å²) in [5.41, 5.74) is 0. The third kappa shape index (κ3) is 1.94. The average molecular weight is 164 g/mol. The monoisotopic (exact) mass is 164 g/mol. The molecule has 0 aliphatic carbocycles. The normalized spacial score (nSPS) is 13.8. The number of rotatable bonds is 3. The van der Waals surface area contributed by atoms with Gasteiger partial charge in [-0.05, 0) is 13.8 Å². The van der Waals surface area contributed by atoms with Gasteiger partial charge in [-0.25, -0.2) is 0 Å². The van der Waals surface area contributed by atoms with Crippen LogP contribution in [-0.2, 0) is 13.6 Å². The lowest BCUT2D eigenvalue weighted by atomic mass is 10.6. The Morgan fingerprint density at radius 2 is 1.80 bits per heavy atom. The molecule has 0 N–H and O–H groups in total. The van der Waals surface area contributed by atoms with Crippen molar-refractivity contribution in [1.29, 1.82) is 0 Å². The summed E-state index contributed by atoms with van der Waals surface area (Å²) in [5.74, 6) is 0. The van der Waals surface area contributed by atoms with Gasteiger partial charge in [0.25, 0.3) is 0 Å². The first-order valence-corrected chi connectivity index (χ1v) is 4.50. The van der Waals surface area contributed by atoms with Gasteiger partial charge in [0.15, 0.2) is 0 Å². The Hall–Kier alpha value is -0.110. The van der Waals surface area contributed by atoms with Gasteiger partial charge in [0.1, 0.15) is 0 Å². The van der Waals surface area contributed by atoms with E-state index >= 15 is 0 Å². The van der Waals surface area contributed by atoms with E-state index in [1.807, 2.05) is 0 Å². The van der Waals surface area contributed by atoms with E-state index in [2.05, 4.69) is 0 Å². The second-order valence-electron chi connectivity index (χ2n) is 1.79. The molecule has 3 nitrogen and oxygen atoms in total. The van der Waals surface area contributed by atoms with E-state index in [-0.39, 0.29) is 0 Å². The zero-order chi connectivity index (χ0) is 8.20. The van der Waals surface area contributed by atoms with Crippen LogP contribution < -0.4 is 0 Å². The molecular weight excluding hydrogens is 151 g/mol. The SMILES string of the molecule is C/C=C(/C)P(=O)(OC)OC. The number of hydrogen-bond donors (Lipinski definition) is 0. The standard InChI is InChI=1S/C6H13O3P/c1-5-6(2)10(7,8-3)9-4/h5H,1-4H3/b6-5-. The van der Waals surface area contributed by atoms with Crippen molar-refractivity contribution in [2.75, 3.05) is 14.2 Å². The Bertz CT molecular complexity index is 166. The lowest BCUT2D eigenvalue weighted by Crippen LogP contribution is -1.88. The highest BCUT2D eigenvalue weighted by atomic mass is 31.2. The van der Waals surface area contributed by atoms with Crippen molar-refractivity contribution in [3.8, 4) is 0 Å². The Morgan fingerprint density at radius 1 is 1.40 bits per heavy atom. The van der Waals surface area contributed by atoms with Crippen molar-refractivity contribution in [2.24, 2.45) is 0 Å². The van der Waals surface area contributed by atoms with Crippen LogP contribution in [0.2, 0.25) is 0 Å². The van der Waals surface area contributed by atoms with Gasteiger partial charge in [0, 0.05) is 19.5 Å². The van der Waals surface area contributed by atoms with Crippen molar-refractivity contribution in [3.63, 3.8) is 0 Å². The van der Waals surface area contributed by atoms with Gasteiger partial charge < -0.3 is 9.05 Å². The molecule has 0 unspecified atom stereocenters. The van der Waals surface area contributed by atoms with Gasteiger partial charge in [-0.3, -0.25) is 4.57 Å². The molecule has 0 aliphatic heterocycles. The lowest BCUT2D eigenvalue weighted by Gasteiger charge is -2.12. The van der Waals surface area contributed by atoms with E-state index in [9.17, 15) is 4.57 Å². The largest absolute Gasteiger partial charge is 0.356 e. The molecule has 60 valence electrons. The molecule has 0 aromatic carbocycles. The van der Waals surface area contributed by atoms with Crippen LogP contribution in [0.1, 0.15) is 13.8 Å². The number of hydrogen-bond acceptors (Lipinski definition) is 3. The van der Waals surface area contributed by atoms with Crippen molar-refractivity contribution in [2.45, 2.75) is 13.8 Å². The maximum absolute atomic E-state index is 11.4. The van der Waals surface area contributed by atoms with Gasteiger partial charge in [0.2, 0.25) is 0 Å². The molecule has 10 heavy (non-hydrogen) atoms. The first-order chi connectivity index (χ1) is 4.60. The summed E-state index contributed by atoms with van der Waals surface area (Å²) in [6, 6.07) is 0. The lowest BCUT2D eigenvalue weighted by molar-refractivity contribution is 0.283. The zero-order valence-corrected chi connectivity index (χ0v) is 7.64. The molecule has 4 heteroatoms. The van der Waals surface area contributed by atoms with Gasteiger partial charge >= 0.3 is 7.60 Å². The smallest absolute Gasteiger partial charge is 0.309 e. The molecule has 0 aromatic rings. The van der Waals surface area contributed by atoms with Crippen LogP contribution in [-0.4, -0.2) is 14.2 Å². The summed E-state index contributed by atoms with van der Waals surface area (Å²) in [6.45, 7) is 3.51. The van der Waals surface area contributed by atoms with Crippen molar-refractivity contribution in [1.82, 2.24) is 0 Å². The van der Waals surface area contributed by atoms with Crippen molar-refractivity contribution >= 4 is 7.60 Å². The molecule has 0 bridgehead atoms. The molecule has 0 radical (unpaired) electrons. The minimum absolute atomic E-state index is 0.637. The maximum atomic E-state index is 11.4. The van der Waals surface area contributed by atoms with Gasteiger partial charge in [-0.2, -0.15) is 0 Å². The van der Waals surface area contributed by atoms with Gasteiger partial charge in [-0.15, -0.1) is 0 Å². The first kappa shape index (κ1) is 9.89. The fourth-order valence-electron chi connectivity index (χ4n) is 0.521. The summed E-state index contributed by atoms with van der Waals surface area (Å²) >= 11 is 0. The van der Waals surface area contributed by atoms with E-state index < -0.39 is 7.60 Å². The molecule has 0 heterocycles. The van der Waals surface area contributed by atoms with E-state index in [4.69, 9.17) is 9.05 Å². The predicted molar refractivity (Wildman–Crippen MR) is 41.1 cm³/mol. The third-order valence-corrected chi connectivity index (χ3v) is 3.41. The van der Waals surface area contributed by atoms with E-state index in [1.54, 1.807) is 19.9 Å². The summed E-state index contributed by atoms with van der Waals surface area (Å²) in [4.78, 5) is 0. The highest BCUT2D eigenvalue weighted by Crippen LogP contribution is 2.54. The minimum Gasteiger partial charge on any atom is -0.309 e. The second-order valence-corrected chi connectivity index (χ2v) is 4.22. The Kier molecular flexibility index (Phi) is 3.87. The van der Waals surface area contributed by atoms with Crippen molar-refractivity contribution < 1.29 is 13.6 Å². The first-order valence-electron chi connectivity index (χ1n) is 2.95. The van der Waals surface area contributed by atoms with Crippen LogP contribution >= 0.6 is 7.60 Å². The Morgan fingerprint density at radius 3 is 1.90 bits per heavy atom. The van der Waals surface area contributed by atoms with Crippen LogP contribution in [0.15, 0.2) is 11.4 Å². The van der Waals surface area contributed by atoms with Crippen LogP contribution in [0.3, 0.4) is 0 Å². The Balaban J connectivity index is 4.50. The second kappa shape index (κ2) is 3.91. The van der Waals surface area contributed by atoms with Crippen LogP contribution in [0.5, 0.6) is 0 Å². The average Bonchev–Trinajstić information content (AvgIpc) is 2.01. The van der Waals surface area contributed by atoms with Crippen LogP contribution in [0.25, 0.3) is 0 Å². The molecule has 0 atom stereocenters. The highest BCUT2D eigenvalue weighted by Gasteiger charge is 2.22. The fraction of sp³-hybridized carbons (Fsp3) is 0.667. The Labute approximate surface area is 61.6 Å². The molecule has 0 saturated heterocycles. The highest BCUT2D eigenvalue weighted by molar-refractivity contribution is 7.58. The molecule has 0 aliphatic rings. The quantitative estimate of drug-likeness (QED) is 0.601. The number of allylic oxidation sites excluding steroid dienone is 2. The molecule has 0 rings (SSSR count). The molecular formula is C6H13O3P. The van der Waals surface area contributed by atoms with E-state index in [1.165, 1.54) is 14.2 Å². The fourth-order valence-corrected chi connectivity index (χ4v) is 1.56. The molecule has 0 saturated carbocycles. The summed E-state index contributed by atoms with van der Waals surface area (Å²) in [6.07, 6.45) is 1.72. The minimum atomic E-state index is -2.91. The van der Waals surface area contributed by atoms with E-state index in [0.29, 0.717) is 5.31 Å². The molecule has 0 amide bonds. The summed E-state index contributed by atoms with van der Waals surface area (Å²) in [7, 11) is -0.166. The van der Waals surface area contributed by atoms with Crippen LogP contribution in [0, 0.1) is 0 Å². The molecule has 0 spiro atoms. The van der Waals surface area contributed by atoms with Crippen LogP contribution in [0.4, 0.5) is 0 Å². The summed E-state index contributed by atoms with van der Waals surface area (Å²) in [5, 5.41) is 0.637. The summed E-state index contributed by atoms with van der Waals surface area (Å²) < 4.78 is 20.8. The molecule has 0 fully saturated rings. The maximum Gasteiger partial charge on any atom is 0.356 e. The van der Waals surface area contributed by atoms with Gasteiger partial charge in [-0.1, -0.05) is 6.08 Å². The van der Waals surface area contributed by atoms with Gasteiger partial charge in [0.05, 0.1) is 0 Å². The van der Waals surface area contributed by atoms with Crippen molar-refractivity contribution in [3.05, 3.63) is 11.4 Å². The zero-order valence-electron chi connectivity index (χ0n) is 6.75. The topological polar surface area (TPSA) is 35.5 Å². The molecule has 0 aromatic heterocycles. The van der Waals surface area contributed by atoms with E-state index in [0.717, 1.165) is 0 Å².